The lowest BCUT2D eigenvalue weighted by atomic mass is 9.85. The topological polar surface area (TPSA) is 200 Å². The lowest BCUT2D eigenvalue weighted by molar-refractivity contribution is -0.403. The number of halogens is 6. The van der Waals surface area contributed by atoms with Gasteiger partial charge < -0.3 is 80.0 Å². The number of ether oxygens (including phenoxy) is 1. The van der Waals surface area contributed by atoms with Crippen molar-refractivity contribution in [3.63, 3.8) is 0 Å². The number of benzene rings is 1. The highest BCUT2D eigenvalue weighted by Crippen LogP contribution is 2.28. The summed E-state index contributed by atoms with van der Waals surface area (Å²) in [4.78, 5) is 52.7. The van der Waals surface area contributed by atoms with E-state index in [2.05, 4.69) is 37.9 Å². The molecule has 12 N–H and O–H groups in total. The smallest absolute Gasteiger partial charge is 0.573 e. The van der Waals surface area contributed by atoms with Crippen LogP contribution in [0, 0.1) is 5.92 Å². The van der Waals surface area contributed by atoms with E-state index in [9.17, 15) is 32.3 Å². The zero-order chi connectivity index (χ0) is 31.8. The van der Waals surface area contributed by atoms with E-state index in [-0.39, 0.29) is 68.2 Å². The Kier molecular flexibility index (Phi) is 23.5. The maximum Gasteiger partial charge on any atom is 0.573 e. The molecule has 2 rings (SSSR count). The monoisotopic (exact) mass is 723 g/mol. The summed E-state index contributed by atoms with van der Waals surface area (Å²) in [6.07, 6.45) is 1.92. The van der Waals surface area contributed by atoms with Crippen molar-refractivity contribution in [3.8, 4) is 5.75 Å². The molecule has 0 unspecified atom stereocenters. The van der Waals surface area contributed by atoms with Gasteiger partial charge in [0.2, 0.25) is 11.8 Å². The van der Waals surface area contributed by atoms with Gasteiger partial charge in [-0.1, -0.05) is 32.1 Å². The van der Waals surface area contributed by atoms with Crippen LogP contribution >= 0.6 is 0 Å². The Balaban J connectivity index is 0. The zero-order valence-corrected chi connectivity index (χ0v) is 28.1. The largest absolute Gasteiger partial charge is 1.00 e. The molecular weight excluding hydrogens is 678 g/mol. The first-order chi connectivity index (χ1) is 20.4. The van der Waals surface area contributed by atoms with Gasteiger partial charge in [-0.05, 0) is 43.0 Å². The lowest BCUT2D eigenvalue weighted by Gasteiger charge is -2.25. The van der Waals surface area contributed by atoms with Gasteiger partial charge in [0.15, 0.2) is 6.04 Å². The van der Waals surface area contributed by atoms with Crippen molar-refractivity contribution in [2.75, 3.05) is 39.3 Å². The molecule has 2 atom stereocenters. The van der Waals surface area contributed by atoms with Crippen LogP contribution in [0.5, 0.6) is 5.75 Å². The second-order valence-electron chi connectivity index (χ2n) is 10.8. The minimum absolute atomic E-state index is 0. The van der Waals surface area contributed by atoms with Crippen LogP contribution in [0.3, 0.4) is 0 Å². The van der Waals surface area contributed by atoms with Gasteiger partial charge in [0, 0.05) is 18.7 Å². The number of amides is 4. The van der Waals surface area contributed by atoms with Crippen LogP contribution in [0.4, 0.5) is 13.2 Å². The van der Waals surface area contributed by atoms with Gasteiger partial charge in [0.1, 0.15) is 11.8 Å². The highest BCUT2D eigenvalue weighted by atomic mass is 35.5. The molecule has 1 fully saturated rings. The van der Waals surface area contributed by atoms with Crippen molar-refractivity contribution >= 4 is 23.6 Å². The summed E-state index contributed by atoms with van der Waals surface area (Å²) in [6, 6.07) is 2.75. The van der Waals surface area contributed by atoms with Crippen LogP contribution in [-0.2, 0) is 14.4 Å². The third-order valence-electron chi connectivity index (χ3n) is 7.28. The van der Waals surface area contributed by atoms with Crippen molar-refractivity contribution < 1.29 is 91.5 Å². The van der Waals surface area contributed by atoms with Gasteiger partial charge in [-0.25, -0.2) is 0 Å². The molecule has 0 saturated heterocycles. The van der Waals surface area contributed by atoms with Crippen LogP contribution in [0.2, 0.25) is 0 Å². The first-order valence-corrected chi connectivity index (χ1v) is 14.8. The standard InChI is InChI=1S/C28H44F3N7O5.3ClH/c29-28(30,31)43-21-9-7-20(8-10-21)25(40)35-14-15-36-27(42)23(11-6-19-4-2-1-3-5-19)37-26(41)22(34)18-24(39)38(16-12-32)17-13-33;;;/h7-10,19,22-23H,1-6,11-18,32-34H2,(H,35,40)(H,36,42)(H,37,41);3*1H/t22-,23-;;;/m0.../s1. The van der Waals surface area contributed by atoms with E-state index in [0.29, 0.717) is 38.5 Å². The van der Waals surface area contributed by atoms with E-state index in [1.807, 2.05) is 0 Å². The number of carbonyl (C=O) groups excluding carboxylic acids is 4. The summed E-state index contributed by atoms with van der Waals surface area (Å²) in [6.45, 7) is 2.11. The molecule has 1 aromatic rings. The number of carbonyl (C=O) groups is 4. The molecule has 1 saturated carbocycles. The molecule has 0 aliphatic heterocycles. The van der Waals surface area contributed by atoms with Crippen LogP contribution in [0.1, 0.15) is 61.7 Å². The third kappa shape index (κ3) is 17.4. The predicted octanol–water partition coefficient (Wildman–Crippen LogP) is -10.4. The summed E-state index contributed by atoms with van der Waals surface area (Å²) in [5.74, 6) is -1.63. The summed E-state index contributed by atoms with van der Waals surface area (Å²) in [5, 5.41) is 8.09. The summed E-state index contributed by atoms with van der Waals surface area (Å²) in [7, 11) is 0. The molecule has 46 heavy (non-hydrogen) atoms. The summed E-state index contributed by atoms with van der Waals surface area (Å²) < 4.78 is 40.8. The second kappa shape index (κ2) is 23.7. The van der Waals surface area contributed by atoms with Crippen LogP contribution < -0.4 is 75.1 Å². The quantitative estimate of drug-likeness (QED) is 0.0866. The molecule has 266 valence electrons. The Bertz CT molecular complexity index is 1050. The first kappa shape index (κ1) is 45.6. The van der Waals surface area contributed by atoms with Crippen molar-refractivity contribution in [2.24, 2.45) is 5.92 Å². The van der Waals surface area contributed by atoms with Crippen molar-refractivity contribution in [2.45, 2.75) is 69.8 Å². The first-order valence-electron chi connectivity index (χ1n) is 14.8. The normalized spacial score (nSPS) is 14.2. The Morgan fingerprint density at radius 1 is 0.891 bits per heavy atom. The SMILES string of the molecule is [Cl-].[Cl-].[Cl-].[NH3+]CCN(CC[NH3+])C(=O)C[C@H]([NH3+])C(=O)N[C@@H](CCC1CCCCC1)C(=O)NCCNC(=O)c1ccc(OC(F)(F)F)cc1. The average molecular weight is 725 g/mol. The Hall–Kier alpha value is -2.56. The minimum atomic E-state index is -4.83. The summed E-state index contributed by atoms with van der Waals surface area (Å²) >= 11 is 0. The zero-order valence-electron chi connectivity index (χ0n) is 25.8. The second-order valence-corrected chi connectivity index (χ2v) is 10.8. The van der Waals surface area contributed by atoms with Gasteiger partial charge >= 0.3 is 6.36 Å². The fourth-order valence-electron chi connectivity index (χ4n) is 5.01. The molecule has 0 heterocycles. The third-order valence-corrected chi connectivity index (χ3v) is 7.28. The van der Waals surface area contributed by atoms with E-state index < -0.39 is 41.9 Å². The Morgan fingerprint density at radius 2 is 1.46 bits per heavy atom. The van der Waals surface area contributed by atoms with Gasteiger partial charge in [0.05, 0.1) is 32.6 Å². The molecule has 18 heteroatoms. The number of nitrogens with one attached hydrogen (secondary N) is 3. The van der Waals surface area contributed by atoms with E-state index >= 15 is 0 Å². The minimum Gasteiger partial charge on any atom is -1.00 e. The molecule has 0 aromatic heterocycles. The van der Waals surface area contributed by atoms with Gasteiger partial charge in [-0.15, -0.1) is 13.2 Å². The van der Waals surface area contributed by atoms with E-state index in [0.717, 1.165) is 44.2 Å². The Labute approximate surface area is 286 Å². The fraction of sp³-hybridized carbons (Fsp3) is 0.643. The van der Waals surface area contributed by atoms with Crippen LogP contribution in [-0.4, -0.2) is 86.2 Å². The lowest BCUT2D eigenvalue weighted by Crippen LogP contribution is -3.00. The van der Waals surface area contributed by atoms with E-state index in [4.69, 9.17) is 0 Å². The predicted molar refractivity (Wildman–Crippen MR) is 150 cm³/mol. The van der Waals surface area contributed by atoms with Gasteiger partial charge in [-0.2, -0.15) is 0 Å². The molecule has 1 aromatic carbocycles. The molecular formula is C28H47Cl3F3N7O5. The number of rotatable bonds is 17. The number of nitrogens with zero attached hydrogens (tertiary/aromatic N) is 1. The molecule has 4 amide bonds. The maximum atomic E-state index is 13.1. The fourth-order valence-corrected chi connectivity index (χ4v) is 5.01. The Morgan fingerprint density at radius 3 is 2.00 bits per heavy atom. The van der Waals surface area contributed by atoms with Crippen molar-refractivity contribution in [3.05, 3.63) is 29.8 Å². The molecule has 12 nitrogen and oxygen atoms in total. The molecule has 0 spiro atoms. The number of quaternary nitrogens is 3. The number of alkyl halides is 3. The van der Waals surface area contributed by atoms with Gasteiger partial charge in [0.25, 0.3) is 11.8 Å². The van der Waals surface area contributed by atoms with Crippen LogP contribution in [0.15, 0.2) is 24.3 Å². The van der Waals surface area contributed by atoms with Crippen molar-refractivity contribution in [1.82, 2.24) is 20.9 Å². The van der Waals surface area contributed by atoms with E-state index in [1.54, 1.807) is 4.90 Å². The van der Waals surface area contributed by atoms with E-state index in [1.165, 1.54) is 18.6 Å². The molecule has 1 aliphatic carbocycles. The summed E-state index contributed by atoms with van der Waals surface area (Å²) in [5.41, 5.74) is 11.5. The molecule has 0 bridgehead atoms. The van der Waals surface area contributed by atoms with Crippen molar-refractivity contribution in [1.29, 1.82) is 0 Å². The molecule has 0 radical (unpaired) electrons. The maximum absolute atomic E-state index is 13.1. The highest BCUT2D eigenvalue weighted by molar-refractivity contribution is 5.94. The number of hydrogen-bond donors (Lipinski definition) is 6. The van der Waals surface area contributed by atoms with Crippen LogP contribution in [0.25, 0.3) is 0 Å². The highest BCUT2D eigenvalue weighted by Gasteiger charge is 2.31. The number of hydrogen-bond acceptors (Lipinski definition) is 5. The average Bonchev–Trinajstić information content (AvgIpc) is 2.97. The molecule has 1 aliphatic rings. The van der Waals surface area contributed by atoms with Gasteiger partial charge in [-0.3, -0.25) is 19.2 Å².